The zero-order valence-corrected chi connectivity index (χ0v) is 23.9. The number of fused-ring (bicyclic) bond motifs is 1. The van der Waals surface area contributed by atoms with Gasteiger partial charge in [-0.15, -0.1) is 0 Å². The van der Waals surface area contributed by atoms with E-state index >= 15 is 0 Å². The highest BCUT2D eigenvalue weighted by Gasteiger charge is 2.25. The largest absolute Gasteiger partial charge is 0.459 e. The van der Waals surface area contributed by atoms with Gasteiger partial charge in [-0.1, -0.05) is 80.0 Å². The van der Waals surface area contributed by atoms with E-state index in [1.54, 1.807) is 28.8 Å². The minimum Gasteiger partial charge on any atom is -0.459 e. The van der Waals surface area contributed by atoms with Crippen LogP contribution in [0.3, 0.4) is 0 Å². The molecular formula is C32H31ClN4O3. The van der Waals surface area contributed by atoms with Gasteiger partial charge in [-0.2, -0.15) is 5.10 Å². The molecule has 5 rings (SSSR count). The van der Waals surface area contributed by atoms with E-state index in [0.717, 1.165) is 11.1 Å². The molecule has 204 valence electrons. The van der Waals surface area contributed by atoms with Gasteiger partial charge < -0.3 is 4.74 Å². The maximum Gasteiger partial charge on any atom is 0.328 e. The second-order valence-corrected chi connectivity index (χ2v) is 11.4. The van der Waals surface area contributed by atoms with Crippen molar-refractivity contribution in [1.29, 1.82) is 0 Å². The first-order valence-corrected chi connectivity index (χ1v) is 13.6. The average molecular weight is 555 g/mol. The maximum absolute atomic E-state index is 14.2. The smallest absolute Gasteiger partial charge is 0.328 e. The van der Waals surface area contributed by atoms with Crippen LogP contribution in [0.2, 0.25) is 5.02 Å². The van der Waals surface area contributed by atoms with Gasteiger partial charge in [0.1, 0.15) is 23.5 Å². The lowest BCUT2D eigenvalue weighted by molar-refractivity contribution is -0.155. The molecule has 0 unspecified atom stereocenters. The third-order valence-corrected chi connectivity index (χ3v) is 6.68. The number of hydrogen-bond acceptors (Lipinski definition) is 5. The fourth-order valence-electron chi connectivity index (χ4n) is 4.59. The van der Waals surface area contributed by atoms with Crippen LogP contribution >= 0.6 is 11.6 Å². The first-order chi connectivity index (χ1) is 19.0. The van der Waals surface area contributed by atoms with E-state index in [4.69, 9.17) is 21.3 Å². The Morgan fingerprint density at radius 2 is 1.55 bits per heavy atom. The summed E-state index contributed by atoms with van der Waals surface area (Å²) in [7, 11) is 0. The van der Waals surface area contributed by atoms with E-state index in [-0.39, 0.29) is 17.6 Å². The molecule has 0 N–H and O–H groups in total. The first kappa shape index (κ1) is 27.3. The molecule has 3 aromatic carbocycles. The Morgan fingerprint density at radius 1 is 0.900 bits per heavy atom. The molecule has 2 heterocycles. The Bertz CT molecular complexity index is 1730. The molecule has 0 saturated carbocycles. The molecule has 2 aromatic heterocycles. The van der Waals surface area contributed by atoms with E-state index in [9.17, 15) is 9.59 Å². The van der Waals surface area contributed by atoms with Crippen LogP contribution in [-0.2, 0) is 16.1 Å². The predicted octanol–water partition coefficient (Wildman–Crippen LogP) is 7.03. The monoisotopic (exact) mass is 554 g/mol. The summed E-state index contributed by atoms with van der Waals surface area (Å²) in [6.07, 6.45) is 0. The van der Waals surface area contributed by atoms with Crippen LogP contribution < -0.4 is 5.56 Å². The van der Waals surface area contributed by atoms with E-state index < -0.39 is 11.6 Å². The van der Waals surface area contributed by atoms with Gasteiger partial charge >= 0.3 is 5.97 Å². The molecule has 0 spiro atoms. The fourth-order valence-corrected chi connectivity index (χ4v) is 4.72. The Morgan fingerprint density at radius 3 is 2.15 bits per heavy atom. The molecule has 40 heavy (non-hydrogen) atoms. The second-order valence-electron chi connectivity index (χ2n) is 11.0. The van der Waals surface area contributed by atoms with Gasteiger partial charge in [0, 0.05) is 16.1 Å². The Kier molecular flexibility index (Phi) is 7.34. The van der Waals surface area contributed by atoms with Crippen molar-refractivity contribution in [1.82, 2.24) is 19.3 Å². The molecule has 5 aromatic rings. The number of hydrogen-bond donors (Lipinski definition) is 0. The van der Waals surface area contributed by atoms with E-state index in [1.807, 2.05) is 75.4 Å². The van der Waals surface area contributed by atoms with Crippen LogP contribution in [0.15, 0.2) is 83.7 Å². The Balaban J connectivity index is 1.80. The second kappa shape index (κ2) is 10.7. The first-order valence-electron chi connectivity index (χ1n) is 13.2. The highest BCUT2D eigenvalue weighted by atomic mass is 35.5. The number of esters is 1. The van der Waals surface area contributed by atoms with E-state index in [0.29, 0.717) is 33.7 Å². The summed E-state index contributed by atoms with van der Waals surface area (Å²) in [6.45, 7) is 9.53. The highest BCUT2D eigenvalue weighted by Crippen LogP contribution is 2.30. The third kappa shape index (κ3) is 5.56. The van der Waals surface area contributed by atoms with Crippen molar-refractivity contribution in [2.24, 2.45) is 0 Å². The van der Waals surface area contributed by atoms with Crippen LogP contribution in [0.4, 0.5) is 0 Å². The molecule has 0 aliphatic rings. The minimum atomic E-state index is -0.661. The van der Waals surface area contributed by atoms with E-state index in [1.165, 1.54) is 10.2 Å². The van der Waals surface area contributed by atoms with Gasteiger partial charge in [-0.05, 0) is 56.5 Å². The number of aromatic nitrogens is 4. The van der Waals surface area contributed by atoms with Crippen LogP contribution in [-0.4, -0.2) is 30.9 Å². The van der Waals surface area contributed by atoms with Crippen molar-refractivity contribution in [2.75, 3.05) is 0 Å². The number of benzene rings is 3. The lowest BCUT2D eigenvalue weighted by Crippen LogP contribution is -2.27. The van der Waals surface area contributed by atoms with Crippen molar-refractivity contribution >= 4 is 28.6 Å². The van der Waals surface area contributed by atoms with Gasteiger partial charge in [0.2, 0.25) is 0 Å². The van der Waals surface area contributed by atoms with Crippen LogP contribution in [0.1, 0.15) is 46.1 Å². The summed E-state index contributed by atoms with van der Waals surface area (Å²) < 4.78 is 8.63. The topological polar surface area (TPSA) is 79.0 Å². The molecule has 0 aliphatic heterocycles. The van der Waals surface area contributed by atoms with Gasteiger partial charge in [0.05, 0.1) is 11.4 Å². The van der Waals surface area contributed by atoms with Gasteiger partial charge in [-0.3, -0.25) is 18.8 Å². The lowest BCUT2D eigenvalue weighted by atomic mass is 10.0. The number of halogens is 1. The van der Waals surface area contributed by atoms with Crippen LogP contribution in [0.5, 0.6) is 0 Å². The number of carbonyl (C=O) groups excluding carboxylic acids is 1. The molecule has 0 radical (unpaired) electrons. The molecular weight excluding hydrogens is 524 g/mol. The molecule has 0 bridgehead atoms. The molecule has 0 atom stereocenters. The summed E-state index contributed by atoms with van der Waals surface area (Å²) in [5, 5.41) is 5.19. The summed E-state index contributed by atoms with van der Waals surface area (Å²) >= 11 is 6.16. The highest BCUT2D eigenvalue weighted by molar-refractivity contribution is 6.30. The van der Waals surface area contributed by atoms with Gasteiger partial charge in [0.15, 0.2) is 5.52 Å². The normalized spacial score (nSPS) is 11.8. The molecule has 0 aliphatic carbocycles. The lowest BCUT2D eigenvalue weighted by Gasteiger charge is -2.19. The number of ether oxygens (including phenoxy) is 1. The van der Waals surface area contributed by atoms with Crippen molar-refractivity contribution in [2.45, 2.75) is 52.7 Å². The van der Waals surface area contributed by atoms with Gasteiger partial charge in [0.25, 0.3) is 5.56 Å². The standard InChI is InChI=1S/C32H31ClN4O3/c1-20(2)21-11-13-23(14-12-21)30-34-27-28(31(39)37(30)25-17-15-24(33)16-18-25)35-36(19-26(38)40-32(3,4)5)29(27)22-9-7-6-8-10-22/h6-18,20H,19H2,1-5H3. The molecule has 8 heteroatoms. The van der Waals surface area contributed by atoms with Crippen molar-refractivity contribution in [3.63, 3.8) is 0 Å². The summed E-state index contributed by atoms with van der Waals surface area (Å²) in [6, 6.07) is 24.6. The summed E-state index contributed by atoms with van der Waals surface area (Å²) in [4.78, 5) is 32.1. The zero-order chi connectivity index (χ0) is 28.6. The molecule has 0 amide bonds. The summed E-state index contributed by atoms with van der Waals surface area (Å²) in [5.74, 6) is 0.364. The van der Waals surface area contributed by atoms with Crippen molar-refractivity contribution in [3.8, 4) is 28.3 Å². The van der Waals surface area contributed by atoms with Gasteiger partial charge in [-0.25, -0.2) is 4.98 Å². The maximum atomic E-state index is 14.2. The quantitative estimate of drug-likeness (QED) is 0.210. The average Bonchev–Trinajstić information content (AvgIpc) is 3.26. The van der Waals surface area contributed by atoms with Crippen LogP contribution in [0.25, 0.3) is 39.4 Å². The third-order valence-electron chi connectivity index (χ3n) is 6.43. The minimum absolute atomic E-state index is 0.153. The van der Waals surface area contributed by atoms with Crippen LogP contribution in [0, 0.1) is 0 Å². The molecule has 0 saturated heterocycles. The number of carbonyl (C=O) groups is 1. The van der Waals surface area contributed by atoms with Crippen molar-refractivity contribution < 1.29 is 9.53 Å². The Hall–Kier alpha value is -4.23. The number of nitrogens with zero attached hydrogens (tertiary/aromatic N) is 4. The number of rotatable bonds is 6. The predicted molar refractivity (Wildman–Crippen MR) is 159 cm³/mol. The van der Waals surface area contributed by atoms with E-state index in [2.05, 4.69) is 18.9 Å². The van der Waals surface area contributed by atoms with Crippen molar-refractivity contribution in [3.05, 3.63) is 99.8 Å². The fraction of sp³-hybridized carbons (Fsp3) is 0.250. The zero-order valence-electron chi connectivity index (χ0n) is 23.2. The molecule has 7 nitrogen and oxygen atoms in total. The SMILES string of the molecule is CC(C)c1ccc(-c2nc3c(-c4ccccc4)n(CC(=O)OC(C)(C)C)nc3c(=O)n2-c2ccc(Cl)cc2)cc1. The summed E-state index contributed by atoms with van der Waals surface area (Å²) in [5.41, 5.74) is 3.47. The Labute approximate surface area is 238 Å². The molecule has 0 fully saturated rings.